The van der Waals surface area contributed by atoms with Gasteiger partial charge in [0.15, 0.2) is 0 Å². The molecule has 0 radical (unpaired) electrons. The smallest absolute Gasteiger partial charge is 0.393 e. The van der Waals surface area contributed by atoms with Crippen LogP contribution in [-0.4, -0.2) is 17.5 Å². The molecule has 2 rings (SSSR count). The molecule has 0 atom stereocenters. The van der Waals surface area contributed by atoms with Crippen LogP contribution in [0.2, 0.25) is 5.02 Å². The third-order valence-corrected chi connectivity index (χ3v) is 3.85. The van der Waals surface area contributed by atoms with Crippen molar-refractivity contribution in [3.63, 3.8) is 0 Å². The van der Waals surface area contributed by atoms with Crippen LogP contribution in [0, 0.1) is 10.1 Å². The number of carbonyl (C=O) groups excluding carboxylic acids is 1. The fourth-order valence-electron chi connectivity index (χ4n) is 2.22. The van der Waals surface area contributed by atoms with Crippen molar-refractivity contribution in [2.45, 2.75) is 12.6 Å². The van der Waals surface area contributed by atoms with Crippen LogP contribution in [0.15, 0.2) is 36.4 Å². The van der Waals surface area contributed by atoms with Crippen molar-refractivity contribution in [2.24, 2.45) is 0 Å². The van der Waals surface area contributed by atoms with Gasteiger partial charge in [-0.2, -0.15) is 13.2 Å². The number of nitrogen functional groups attached to an aromatic ring is 1. The van der Waals surface area contributed by atoms with E-state index in [4.69, 9.17) is 17.3 Å². The number of nitro groups is 1. The van der Waals surface area contributed by atoms with Gasteiger partial charge in [-0.25, -0.2) is 4.79 Å². The molecule has 7 nitrogen and oxygen atoms in total. The Morgan fingerprint density at radius 2 is 1.93 bits per heavy atom. The number of nitrogens with zero attached hydrogens (tertiary/aromatic N) is 1. The molecule has 0 unspecified atom stereocenters. The molecule has 0 aliphatic carbocycles. The molecule has 0 bridgehead atoms. The van der Waals surface area contributed by atoms with Gasteiger partial charge in [0.2, 0.25) is 0 Å². The number of nitro benzene ring substituents is 1. The first kappa shape index (κ1) is 20.3. The minimum atomic E-state index is -4.64. The van der Waals surface area contributed by atoms with Crippen molar-refractivity contribution >= 4 is 34.7 Å². The van der Waals surface area contributed by atoms with E-state index in [1.807, 2.05) is 0 Å². The Labute approximate surface area is 156 Å². The summed E-state index contributed by atoms with van der Waals surface area (Å²) < 4.78 is 38.4. The summed E-state index contributed by atoms with van der Waals surface area (Å²) in [6, 6.07) is 6.54. The summed E-state index contributed by atoms with van der Waals surface area (Å²) in [5.41, 5.74) is 4.72. The standard InChI is InChI=1S/C16H14ClF3N4O3/c17-12-3-2-10(8-11(12)16(18,19)20)23-15(25)22-6-5-9-1-4-13(21)14(7-9)24(26)27/h1-4,7-8H,5-6,21H2,(H2,22,23,25). The highest BCUT2D eigenvalue weighted by Gasteiger charge is 2.33. The zero-order valence-corrected chi connectivity index (χ0v) is 14.4. The molecule has 11 heteroatoms. The number of carbonyl (C=O) groups is 1. The molecule has 0 aromatic heterocycles. The molecule has 27 heavy (non-hydrogen) atoms. The van der Waals surface area contributed by atoms with E-state index in [2.05, 4.69) is 10.6 Å². The van der Waals surface area contributed by atoms with E-state index in [0.29, 0.717) is 5.56 Å². The molecule has 0 fully saturated rings. The topological polar surface area (TPSA) is 110 Å². The highest BCUT2D eigenvalue weighted by Crippen LogP contribution is 2.36. The first-order chi connectivity index (χ1) is 12.6. The molecule has 2 aromatic carbocycles. The molecule has 0 heterocycles. The minimum Gasteiger partial charge on any atom is -0.393 e. The molecule has 0 spiro atoms. The Morgan fingerprint density at radius 3 is 2.56 bits per heavy atom. The Hall–Kier alpha value is -3.01. The van der Waals surface area contributed by atoms with Gasteiger partial charge in [0.25, 0.3) is 5.69 Å². The molecular weight excluding hydrogens is 389 g/mol. The van der Waals surface area contributed by atoms with Gasteiger partial charge in [-0.1, -0.05) is 17.7 Å². The Kier molecular flexibility index (Phi) is 6.11. The Bertz CT molecular complexity index is 874. The molecule has 2 amide bonds. The number of hydrogen-bond acceptors (Lipinski definition) is 4. The molecule has 144 valence electrons. The van der Waals surface area contributed by atoms with Crippen molar-refractivity contribution in [1.29, 1.82) is 0 Å². The zero-order valence-electron chi connectivity index (χ0n) is 13.6. The number of hydrogen-bond donors (Lipinski definition) is 3. The summed E-state index contributed by atoms with van der Waals surface area (Å²) in [5.74, 6) is 0. The van der Waals surface area contributed by atoms with Gasteiger partial charge in [0.1, 0.15) is 5.69 Å². The quantitative estimate of drug-likeness (QED) is 0.395. The third-order valence-electron chi connectivity index (χ3n) is 3.52. The number of nitrogens with two attached hydrogens (primary N) is 1. The molecule has 0 aliphatic rings. The molecule has 0 aliphatic heterocycles. The van der Waals surface area contributed by atoms with Gasteiger partial charge in [-0.15, -0.1) is 0 Å². The summed E-state index contributed by atoms with van der Waals surface area (Å²) in [5, 5.41) is 15.1. The van der Waals surface area contributed by atoms with E-state index in [1.165, 1.54) is 18.2 Å². The second-order valence-corrected chi connectivity index (χ2v) is 5.88. The van der Waals surface area contributed by atoms with Crippen LogP contribution >= 0.6 is 11.6 Å². The Morgan fingerprint density at radius 1 is 1.22 bits per heavy atom. The fraction of sp³-hybridized carbons (Fsp3) is 0.188. The van der Waals surface area contributed by atoms with Crippen LogP contribution in [0.25, 0.3) is 0 Å². The van der Waals surface area contributed by atoms with Crippen LogP contribution in [-0.2, 0) is 12.6 Å². The van der Waals surface area contributed by atoms with Gasteiger partial charge in [0.05, 0.1) is 15.5 Å². The van der Waals surface area contributed by atoms with E-state index >= 15 is 0 Å². The third kappa shape index (κ3) is 5.48. The van der Waals surface area contributed by atoms with E-state index in [9.17, 15) is 28.1 Å². The van der Waals surface area contributed by atoms with Crippen LogP contribution in [0.3, 0.4) is 0 Å². The molecule has 4 N–H and O–H groups in total. The highest BCUT2D eigenvalue weighted by molar-refractivity contribution is 6.31. The number of halogens is 4. The monoisotopic (exact) mass is 402 g/mol. The summed E-state index contributed by atoms with van der Waals surface area (Å²) in [6.07, 6.45) is -4.38. The van der Waals surface area contributed by atoms with Crippen molar-refractivity contribution in [3.05, 3.63) is 62.7 Å². The molecule has 0 saturated carbocycles. The lowest BCUT2D eigenvalue weighted by atomic mass is 10.1. The SMILES string of the molecule is Nc1ccc(CCNC(=O)Nc2ccc(Cl)c(C(F)(F)F)c2)cc1[N+](=O)[O-]. The Balaban J connectivity index is 1.94. The summed E-state index contributed by atoms with van der Waals surface area (Å²) >= 11 is 5.51. The molecular formula is C16H14ClF3N4O3. The normalized spacial score (nSPS) is 11.1. The number of rotatable bonds is 5. The summed E-state index contributed by atoms with van der Waals surface area (Å²) in [6.45, 7) is 0.104. The molecule has 2 aromatic rings. The maximum absolute atomic E-state index is 12.8. The molecule has 0 saturated heterocycles. The number of urea groups is 1. The average Bonchev–Trinajstić information content (AvgIpc) is 2.57. The lowest BCUT2D eigenvalue weighted by Crippen LogP contribution is -2.30. The second kappa shape index (κ2) is 8.12. The number of nitrogens with one attached hydrogen (secondary N) is 2. The predicted molar refractivity (Wildman–Crippen MR) is 94.7 cm³/mol. The lowest BCUT2D eigenvalue weighted by Gasteiger charge is -2.12. The lowest BCUT2D eigenvalue weighted by molar-refractivity contribution is -0.384. The largest absolute Gasteiger partial charge is 0.417 e. The maximum atomic E-state index is 12.8. The zero-order chi connectivity index (χ0) is 20.2. The van der Waals surface area contributed by atoms with Gasteiger partial charge >= 0.3 is 12.2 Å². The van der Waals surface area contributed by atoms with Crippen molar-refractivity contribution in [3.8, 4) is 0 Å². The van der Waals surface area contributed by atoms with Crippen LogP contribution in [0.1, 0.15) is 11.1 Å². The van der Waals surface area contributed by atoms with Crippen molar-refractivity contribution in [1.82, 2.24) is 5.32 Å². The average molecular weight is 403 g/mol. The van der Waals surface area contributed by atoms with E-state index in [-0.39, 0.29) is 30.0 Å². The van der Waals surface area contributed by atoms with Crippen LogP contribution in [0.4, 0.5) is 35.0 Å². The number of benzene rings is 2. The van der Waals surface area contributed by atoms with Crippen LogP contribution in [0.5, 0.6) is 0 Å². The van der Waals surface area contributed by atoms with Crippen LogP contribution < -0.4 is 16.4 Å². The summed E-state index contributed by atoms with van der Waals surface area (Å²) in [7, 11) is 0. The number of anilines is 2. The minimum absolute atomic E-state index is 0.0256. The second-order valence-electron chi connectivity index (χ2n) is 5.47. The van der Waals surface area contributed by atoms with Crippen molar-refractivity contribution < 1.29 is 22.9 Å². The predicted octanol–water partition coefficient (Wildman–Crippen LogP) is 4.21. The summed E-state index contributed by atoms with van der Waals surface area (Å²) in [4.78, 5) is 22.0. The highest BCUT2D eigenvalue weighted by atomic mass is 35.5. The number of alkyl halides is 3. The van der Waals surface area contributed by atoms with Crippen molar-refractivity contribution in [2.75, 3.05) is 17.6 Å². The van der Waals surface area contributed by atoms with Gasteiger partial charge in [-0.05, 0) is 36.2 Å². The van der Waals surface area contributed by atoms with Gasteiger partial charge in [-0.3, -0.25) is 10.1 Å². The number of amides is 2. The van der Waals surface area contributed by atoms with Gasteiger partial charge in [0, 0.05) is 18.3 Å². The first-order valence-corrected chi connectivity index (χ1v) is 7.90. The van der Waals surface area contributed by atoms with Gasteiger partial charge < -0.3 is 16.4 Å². The van der Waals surface area contributed by atoms with E-state index in [0.717, 1.165) is 12.1 Å². The van der Waals surface area contributed by atoms with E-state index < -0.39 is 27.7 Å². The van der Waals surface area contributed by atoms with E-state index in [1.54, 1.807) is 6.07 Å². The first-order valence-electron chi connectivity index (χ1n) is 7.52. The maximum Gasteiger partial charge on any atom is 0.417 e. The fourth-order valence-corrected chi connectivity index (χ4v) is 2.44.